The average molecular weight is 250 g/mol. The van der Waals surface area contributed by atoms with Crippen LogP contribution in [0.1, 0.15) is 39.5 Å². The molecule has 5 fully saturated rings. The zero-order chi connectivity index (χ0) is 12.5. The van der Waals surface area contributed by atoms with Gasteiger partial charge in [-0.15, -0.1) is 0 Å². The van der Waals surface area contributed by atoms with E-state index in [0.29, 0.717) is 0 Å². The van der Waals surface area contributed by atoms with E-state index in [4.69, 9.17) is 0 Å². The van der Waals surface area contributed by atoms with Crippen molar-refractivity contribution in [3.8, 4) is 0 Å². The zero-order valence-electron chi connectivity index (χ0n) is 12.3. The highest BCUT2D eigenvalue weighted by Gasteiger charge is 2.32. The van der Waals surface area contributed by atoms with Crippen LogP contribution in [0, 0.1) is 23.7 Å². The van der Waals surface area contributed by atoms with Crippen molar-refractivity contribution in [2.24, 2.45) is 23.7 Å². The summed E-state index contributed by atoms with van der Waals surface area (Å²) < 4.78 is 0. The van der Waals surface area contributed by atoms with E-state index in [1.54, 1.807) is 0 Å². The van der Waals surface area contributed by atoms with Crippen LogP contribution in [0.15, 0.2) is 0 Å². The Labute approximate surface area is 113 Å². The largest absolute Gasteiger partial charge is 0.303 e. The first kappa shape index (κ1) is 12.9. The fourth-order valence-corrected chi connectivity index (χ4v) is 4.54. The van der Waals surface area contributed by atoms with Crippen LogP contribution in [0.2, 0.25) is 0 Å². The monoisotopic (exact) mass is 250 g/mol. The van der Waals surface area contributed by atoms with Crippen LogP contribution in [-0.4, -0.2) is 49.1 Å². The third-order valence-corrected chi connectivity index (χ3v) is 5.88. The highest BCUT2D eigenvalue weighted by Crippen LogP contribution is 2.31. The molecule has 2 heteroatoms. The normalized spacial score (nSPS) is 49.7. The molecule has 0 radical (unpaired) electrons. The minimum atomic E-state index is 0.993. The summed E-state index contributed by atoms with van der Waals surface area (Å²) in [5.41, 5.74) is 0. The Hall–Kier alpha value is -0.0800. The molecule has 18 heavy (non-hydrogen) atoms. The SMILES string of the molecule is CC1CN2CCC1CC2.CC1CN2CCCC1C2. The lowest BCUT2D eigenvalue weighted by atomic mass is 9.80. The van der Waals surface area contributed by atoms with E-state index < -0.39 is 0 Å². The van der Waals surface area contributed by atoms with E-state index in [1.165, 1.54) is 65.0 Å². The maximum atomic E-state index is 2.61. The molecule has 0 saturated carbocycles. The minimum absolute atomic E-state index is 0.993. The summed E-state index contributed by atoms with van der Waals surface area (Å²) in [6, 6.07) is 0. The predicted molar refractivity (Wildman–Crippen MR) is 76.7 cm³/mol. The van der Waals surface area contributed by atoms with Crippen LogP contribution in [0.25, 0.3) is 0 Å². The molecule has 5 aliphatic heterocycles. The first-order valence-electron chi connectivity index (χ1n) is 8.17. The van der Waals surface area contributed by atoms with Crippen LogP contribution in [0.4, 0.5) is 0 Å². The van der Waals surface area contributed by atoms with Gasteiger partial charge in [0.2, 0.25) is 0 Å². The summed E-state index contributed by atoms with van der Waals surface area (Å²) in [6.45, 7) is 13.1. The van der Waals surface area contributed by atoms with Crippen molar-refractivity contribution in [2.45, 2.75) is 39.5 Å². The molecule has 104 valence electrons. The highest BCUT2D eigenvalue weighted by atomic mass is 15.2. The van der Waals surface area contributed by atoms with Gasteiger partial charge in [-0.3, -0.25) is 0 Å². The third-order valence-electron chi connectivity index (χ3n) is 5.88. The van der Waals surface area contributed by atoms with Gasteiger partial charge < -0.3 is 9.80 Å². The predicted octanol–water partition coefficient (Wildman–Crippen LogP) is 2.70. The molecule has 4 bridgehead atoms. The lowest BCUT2D eigenvalue weighted by Gasteiger charge is -2.43. The van der Waals surface area contributed by atoms with Gasteiger partial charge in [-0.1, -0.05) is 13.8 Å². The van der Waals surface area contributed by atoms with Crippen molar-refractivity contribution < 1.29 is 0 Å². The van der Waals surface area contributed by atoms with E-state index in [1.807, 2.05) is 0 Å². The standard InChI is InChI=1S/2C8H15N/c1-7-6-9-4-2-8(7)3-5-9;1-7-5-9-4-2-3-8(7)6-9/h2*7-8H,2-6H2,1H3. The van der Waals surface area contributed by atoms with Crippen molar-refractivity contribution in [3.63, 3.8) is 0 Å². The molecule has 5 saturated heterocycles. The Balaban J connectivity index is 0.000000111. The number of rotatable bonds is 0. The molecule has 0 aromatic carbocycles. The van der Waals surface area contributed by atoms with Crippen LogP contribution in [0.3, 0.4) is 0 Å². The molecule has 5 aliphatic rings. The van der Waals surface area contributed by atoms with Crippen LogP contribution >= 0.6 is 0 Å². The number of hydrogen-bond acceptors (Lipinski definition) is 2. The fourth-order valence-electron chi connectivity index (χ4n) is 4.54. The Morgan fingerprint density at radius 3 is 1.78 bits per heavy atom. The van der Waals surface area contributed by atoms with Gasteiger partial charge in [0, 0.05) is 19.6 Å². The minimum Gasteiger partial charge on any atom is -0.303 e. The van der Waals surface area contributed by atoms with Crippen LogP contribution < -0.4 is 0 Å². The molecule has 0 aromatic heterocycles. The van der Waals surface area contributed by atoms with Gasteiger partial charge in [0.05, 0.1) is 0 Å². The lowest BCUT2D eigenvalue weighted by molar-refractivity contribution is 0.0603. The molecule has 0 amide bonds. The number of fused-ring (bicyclic) bond motifs is 5. The fraction of sp³-hybridized carbons (Fsp3) is 1.00. The van der Waals surface area contributed by atoms with Gasteiger partial charge in [0.15, 0.2) is 0 Å². The quantitative estimate of drug-likeness (QED) is 0.652. The molecule has 2 nitrogen and oxygen atoms in total. The van der Waals surface area contributed by atoms with Gasteiger partial charge in [-0.2, -0.15) is 0 Å². The van der Waals surface area contributed by atoms with E-state index in [2.05, 4.69) is 23.6 Å². The molecular weight excluding hydrogens is 220 g/mol. The van der Waals surface area contributed by atoms with Crippen molar-refractivity contribution in [3.05, 3.63) is 0 Å². The van der Waals surface area contributed by atoms with E-state index in [0.717, 1.165) is 23.7 Å². The van der Waals surface area contributed by atoms with E-state index >= 15 is 0 Å². The summed E-state index contributed by atoms with van der Waals surface area (Å²) in [5.74, 6) is 4.12. The van der Waals surface area contributed by atoms with Gasteiger partial charge in [0.25, 0.3) is 0 Å². The van der Waals surface area contributed by atoms with Crippen molar-refractivity contribution in [1.82, 2.24) is 9.80 Å². The molecule has 0 aromatic rings. The van der Waals surface area contributed by atoms with Crippen LogP contribution in [-0.2, 0) is 0 Å². The maximum Gasteiger partial charge on any atom is 0.00128 e. The van der Waals surface area contributed by atoms with E-state index in [-0.39, 0.29) is 0 Å². The Bertz CT molecular complexity index is 254. The lowest BCUT2D eigenvalue weighted by Crippen LogP contribution is -2.46. The second-order valence-corrected chi connectivity index (χ2v) is 7.25. The smallest absolute Gasteiger partial charge is 0.00128 e. The molecule has 4 unspecified atom stereocenters. The molecule has 0 N–H and O–H groups in total. The first-order valence-corrected chi connectivity index (χ1v) is 8.17. The van der Waals surface area contributed by atoms with Crippen molar-refractivity contribution >= 4 is 0 Å². The maximum absolute atomic E-state index is 2.61. The first-order chi connectivity index (χ1) is 8.72. The summed E-state index contributed by atoms with van der Waals surface area (Å²) >= 11 is 0. The van der Waals surface area contributed by atoms with Crippen LogP contribution in [0.5, 0.6) is 0 Å². The molecular formula is C16H30N2. The molecule has 5 heterocycles. The third kappa shape index (κ3) is 2.75. The van der Waals surface area contributed by atoms with Gasteiger partial charge in [0.1, 0.15) is 0 Å². The number of nitrogens with zero attached hydrogens (tertiary/aromatic N) is 2. The molecule has 5 rings (SSSR count). The topological polar surface area (TPSA) is 6.48 Å². The Morgan fingerprint density at radius 1 is 0.667 bits per heavy atom. The second kappa shape index (κ2) is 5.50. The number of piperidine rings is 4. The van der Waals surface area contributed by atoms with Gasteiger partial charge in [-0.25, -0.2) is 0 Å². The van der Waals surface area contributed by atoms with Crippen molar-refractivity contribution in [1.29, 1.82) is 0 Å². The zero-order valence-corrected chi connectivity index (χ0v) is 12.3. The summed E-state index contributed by atoms with van der Waals surface area (Å²) in [7, 11) is 0. The molecule has 0 aliphatic carbocycles. The molecule has 0 spiro atoms. The van der Waals surface area contributed by atoms with E-state index in [9.17, 15) is 0 Å². The number of hydrogen-bond donors (Lipinski definition) is 0. The summed E-state index contributed by atoms with van der Waals surface area (Å²) in [6.07, 6.45) is 5.90. The van der Waals surface area contributed by atoms with Crippen molar-refractivity contribution in [2.75, 3.05) is 39.3 Å². The van der Waals surface area contributed by atoms with Gasteiger partial charge in [-0.05, 0) is 69.0 Å². The summed E-state index contributed by atoms with van der Waals surface area (Å²) in [5, 5.41) is 0. The Kier molecular flexibility index (Phi) is 3.95. The highest BCUT2D eigenvalue weighted by molar-refractivity contribution is 4.85. The second-order valence-electron chi connectivity index (χ2n) is 7.25. The average Bonchev–Trinajstić information content (AvgIpc) is 2.65. The van der Waals surface area contributed by atoms with Gasteiger partial charge >= 0.3 is 0 Å². The Morgan fingerprint density at radius 2 is 1.33 bits per heavy atom. The summed E-state index contributed by atoms with van der Waals surface area (Å²) in [4.78, 5) is 5.21. The molecule has 4 atom stereocenters.